The van der Waals surface area contributed by atoms with Gasteiger partial charge in [-0.1, -0.05) is 48.5 Å². The van der Waals surface area contributed by atoms with E-state index in [-0.39, 0.29) is 17.0 Å². The minimum absolute atomic E-state index is 0.0401. The fourth-order valence-corrected chi connectivity index (χ4v) is 4.15. The standard InChI is InChI=1S/C27H17F3N4O/c1-16-23-24(20-9-5-6-10-22(20)35)21(15-31)25(17-11-13-18(14-12-17)27(28,29)30)32-26(23)34(33-16)19-7-3-2-4-8-19/h2-14,35H,1H3. The number of fused-ring (bicyclic) bond motifs is 1. The summed E-state index contributed by atoms with van der Waals surface area (Å²) in [6.07, 6.45) is -4.49. The Balaban J connectivity index is 1.89. The van der Waals surface area contributed by atoms with Crippen LogP contribution in [0.1, 0.15) is 16.8 Å². The number of hydrogen-bond donors (Lipinski definition) is 1. The molecule has 3 aromatic carbocycles. The van der Waals surface area contributed by atoms with Gasteiger partial charge in [0.2, 0.25) is 0 Å². The second-order valence-corrected chi connectivity index (χ2v) is 7.95. The molecule has 0 radical (unpaired) electrons. The molecule has 8 heteroatoms. The van der Waals surface area contributed by atoms with Gasteiger partial charge in [-0.05, 0) is 37.3 Å². The minimum atomic E-state index is -4.49. The summed E-state index contributed by atoms with van der Waals surface area (Å²) in [4.78, 5) is 4.74. The molecule has 0 amide bonds. The normalized spacial score (nSPS) is 11.5. The first-order valence-corrected chi connectivity index (χ1v) is 10.6. The van der Waals surface area contributed by atoms with E-state index in [4.69, 9.17) is 4.98 Å². The van der Waals surface area contributed by atoms with Crippen molar-refractivity contribution in [2.45, 2.75) is 13.1 Å². The molecule has 172 valence electrons. The molecule has 35 heavy (non-hydrogen) atoms. The molecule has 5 nitrogen and oxygen atoms in total. The maximum Gasteiger partial charge on any atom is 0.416 e. The molecule has 0 aliphatic heterocycles. The van der Waals surface area contributed by atoms with E-state index in [1.807, 2.05) is 30.3 Å². The van der Waals surface area contributed by atoms with E-state index in [0.29, 0.717) is 33.4 Å². The van der Waals surface area contributed by atoms with Crippen LogP contribution in [0.4, 0.5) is 13.2 Å². The van der Waals surface area contributed by atoms with Crippen molar-refractivity contribution in [1.29, 1.82) is 5.26 Å². The van der Waals surface area contributed by atoms with Crippen LogP contribution >= 0.6 is 0 Å². The number of hydrogen-bond acceptors (Lipinski definition) is 4. The molecule has 5 aromatic rings. The highest BCUT2D eigenvalue weighted by Gasteiger charge is 2.30. The molecule has 0 unspecified atom stereocenters. The van der Waals surface area contributed by atoms with Crippen molar-refractivity contribution in [2.75, 3.05) is 0 Å². The van der Waals surface area contributed by atoms with Crippen LogP contribution < -0.4 is 0 Å². The van der Waals surface area contributed by atoms with E-state index in [1.165, 1.54) is 18.2 Å². The molecular weight excluding hydrogens is 453 g/mol. The number of pyridine rings is 1. The van der Waals surface area contributed by atoms with E-state index in [1.54, 1.807) is 29.8 Å². The topological polar surface area (TPSA) is 74.7 Å². The monoisotopic (exact) mass is 470 g/mol. The summed E-state index contributed by atoms with van der Waals surface area (Å²) in [5.74, 6) is -0.0401. The highest BCUT2D eigenvalue weighted by atomic mass is 19.4. The molecule has 0 saturated heterocycles. The lowest BCUT2D eigenvalue weighted by Gasteiger charge is -2.14. The number of phenolic OH excluding ortho intramolecular Hbond substituents is 1. The van der Waals surface area contributed by atoms with Crippen molar-refractivity contribution >= 4 is 11.0 Å². The number of nitrogens with zero attached hydrogens (tertiary/aromatic N) is 4. The summed E-state index contributed by atoms with van der Waals surface area (Å²) in [6, 6.07) is 22.5. The maximum absolute atomic E-state index is 13.1. The summed E-state index contributed by atoms with van der Waals surface area (Å²) in [5.41, 5.74) is 2.43. The quantitative estimate of drug-likeness (QED) is 0.320. The lowest BCUT2D eigenvalue weighted by atomic mass is 9.92. The summed E-state index contributed by atoms with van der Waals surface area (Å²) in [5, 5.41) is 26.1. The summed E-state index contributed by atoms with van der Waals surface area (Å²) in [7, 11) is 0. The highest BCUT2D eigenvalue weighted by molar-refractivity contribution is 6.02. The zero-order chi connectivity index (χ0) is 24.7. The molecule has 0 aliphatic rings. The first-order valence-electron chi connectivity index (χ1n) is 10.6. The summed E-state index contributed by atoms with van der Waals surface area (Å²) in [6.45, 7) is 1.78. The van der Waals surface area contributed by atoms with Crippen molar-refractivity contribution in [3.63, 3.8) is 0 Å². The van der Waals surface area contributed by atoms with Crippen LogP contribution in [0.3, 0.4) is 0 Å². The Hall–Kier alpha value is -4.64. The molecule has 0 fully saturated rings. The third-order valence-electron chi connectivity index (χ3n) is 5.76. The second-order valence-electron chi connectivity index (χ2n) is 7.95. The Morgan fingerprint density at radius 2 is 1.57 bits per heavy atom. The molecule has 5 rings (SSSR count). The number of nitriles is 1. The number of benzene rings is 3. The number of rotatable bonds is 3. The zero-order valence-corrected chi connectivity index (χ0v) is 18.4. The van der Waals surface area contributed by atoms with Crippen molar-refractivity contribution in [1.82, 2.24) is 14.8 Å². The molecule has 0 bridgehead atoms. The summed E-state index contributed by atoms with van der Waals surface area (Å²) >= 11 is 0. The van der Waals surface area contributed by atoms with Crippen LogP contribution in [0, 0.1) is 18.3 Å². The van der Waals surface area contributed by atoms with Gasteiger partial charge in [-0.25, -0.2) is 9.67 Å². The SMILES string of the molecule is Cc1nn(-c2ccccc2)c2nc(-c3ccc(C(F)(F)F)cc3)c(C#N)c(-c3ccccc3O)c12. The van der Waals surface area contributed by atoms with Crippen molar-refractivity contribution in [3.8, 4) is 39.9 Å². The van der Waals surface area contributed by atoms with E-state index >= 15 is 0 Å². The van der Waals surface area contributed by atoms with Crippen LogP contribution in [0.25, 0.3) is 39.1 Å². The number of halogens is 3. The van der Waals surface area contributed by atoms with E-state index in [9.17, 15) is 23.5 Å². The van der Waals surface area contributed by atoms with Gasteiger partial charge in [0.25, 0.3) is 0 Å². The Labute approximate surface area is 198 Å². The molecule has 0 atom stereocenters. The molecule has 0 saturated carbocycles. The third kappa shape index (κ3) is 3.77. The number of alkyl halides is 3. The van der Waals surface area contributed by atoms with E-state index in [0.717, 1.165) is 17.8 Å². The fourth-order valence-electron chi connectivity index (χ4n) is 4.15. The maximum atomic E-state index is 13.1. The average Bonchev–Trinajstić information content (AvgIpc) is 3.19. The van der Waals surface area contributed by atoms with Gasteiger partial charge in [0.05, 0.1) is 33.6 Å². The van der Waals surface area contributed by atoms with Crippen molar-refractivity contribution in [2.24, 2.45) is 0 Å². The van der Waals surface area contributed by atoms with Gasteiger partial charge in [-0.2, -0.15) is 23.5 Å². The van der Waals surface area contributed by atoms with Crippen molar-refractivity contribution in [3.05, 3.63) is 95.7 Å². The second kappa shape index (κ2) is 8.29. The van der Waals surface area contributed by atoms with Gasteiger partial charge in [0.1, 0.15) is 11.8 Å². The highest BCUT2D eigenvalue weighted by Crippen LogP contribution is 2.42. The predicted octanol–water partition coefficient (Wildman–Crippen LogP) is 6.66. The first kappa shape index (κ1) is 22.2. The minimum Gasteiger partial charge on any atom is -0.507 e. The molecule has 0 spiro atoms. The average molecular weight is 470 g/mol. The van der Waals surface area contributed by atoms with Crippen LogP contribution in [0.5, 0.6) is 5.75 Å². The predicted molar refractivity (Wildman–Crippen MR) is 126 cm³/mol. The van der Waals surface area contributed by atoms with Gasteiger partial charge in [-0.15, -0.1) is 0 Å². The Morgan fingerprint density at radius 3 is 2.20 bits per heavy atom. The molecule has 2 aromatic heterocycles. The van der Waals surface area contributed by atoms with Gasteiger partial charge >= 0.3 is 6.18 Å². The third-order valence-corrected chi connectivity index (χ3v) is 5.76. The van der Waals surface area contributed by atoms with E-state index < -0.39 is 11.7 Å². The van der Waals surface area contributed by atoms with Crippen LogP contribution in [-0.2, 0) is 6.18 Å². The molecule has 1 N–H and O–H groups in total. The van der Waals surface area contributed by atoms with Crippen molar-refractivity contribution < 1.29 is 18.3 Å². The van der Waals surface area contributed by atoms with Crippen LogP contribution in [-0.4, -0.2) is 19.9 Å². The number of aromatic hydroxyl groups is 1. The molecule has 0 aliphatic carbocycles. The smallest absolute Gasteiger partial charge is 0.416 e. The molecular formula is C27H17F3N4O. The molecule has 2 heterocycles. The fraction of sp³-hybridized carbons (Fsp3) is 0.0741. The lowest BCUT2D eigenvalue weighted by Crippen LogP contribution is -2.05. The van der Waals surface area contributed by atoms with Gasteiger partial charge in [-0.3, -0.25) is 0 Å². The van der Waals surface area contributed by atoms with Gasteiger partial charge < -0.3 is 5.11 Å². The van der Waals surface area contributed by atoms with Crippen LogP contribution in [0.15, 0.2) is 78.9 Å². The first-order chi connectivity index (χ1) is 16.8. The van der Waals surface area contributed by atoms with Gasteiger partial charge in [0.15, 0.2) is 5.65 Å². The number of para-hydroxylation sites is 2. The number of phenols is 1. The Morgan fingerprint density at radius 1 is 0.914 bits per heavy atom. The summed E-state index contributed by atoms with van der Waals surface area (Å²) < 4.78 is 41.1. The number of aromatic nitrogens is 3. The zero-order valence-electron chi connectivity index (χ0n) is 18.4. The largest absolute Gasteiger partial charge is 0.507 e. The van der Waals surface area contributed by atoms with E-state index in [2.05, 4.69) is 11.2 Å². The Kier molecular flexibility index (Phi) is 5.25. The Bertz CT molecular complexity index is 1600. The van der Waals surface area contributed by atoms with Gasteiger partial charge in [0, 0.05) is 16.7 Å². The van der Waals surface area contributed by atoms with Crippen LogP contribution in [0.2, 0.25) is 0 Å². The number of aryl methyl sites for hydroxylation is 1. The lowest BCUT2D eigenvalue weighted by molar-refractivity contribution is -0.137.